The average Bonchev–Trinajstić information content (AvgIpc) is 3.27. The van der Waals surface area contributed by atoms with Gasteiger partial charge in [-0.2, -0.15) is 8.78 Å². The van der Waals surface area contributed by atoms with Crippen LogP contribution in [0.5, 0.6) is 11.5 Å². The van der Waals surface area contributed by atoms with Crippen LogP contribution in [-0.4, -0.2) is 30.3 Å². The largest absolute Gasteiger partial charge is 0.456 e. The summed E-state index contributed by atoms with van der Waals surface area (Å²) in [6.45, 7) is -0.946. The Morgan fingerprint density at radius 3 is 2.48 bits per heavy atom. The molecule has 4 rings (SSSR count). The minimum atomic E-state index is -4.16. The lowest BCUT2D eigenvalue weighted by Gasteiger charge is -2.35. The highest BCUT2D eigenvalue weighted by Crippen LogP contribution is 2.46. The lowest BCUT2D eigenvalue weighted by molar-refractivity contribution is -0.207. The SMILES string of the molecule is OC(Cn1cnnn1)(c1ccc(F)cc1F)C(F)(F)c1ccc(Oc2cccc(Cl)c2)cn1. The van der Waals surface area contributed by atoms with E-state index in [0.717, 1.165) is 35.4 Å². The summed E-state index contributed by atoms with van der Waals surface area (Å²) in [6, 6.07) is 10.4. The van der Waals surface area contributed by atoms with E-state index in [4.69, 9.17) is 16.3 Å². The molecule has 0 radical (unpaired) electrons. The molecule has 0 spiro atoms. The first-order chi connectivity index (χ1) is 15.7. The molecule has 2 heterocycles. The number of hydrogen-bond acceptors (Lipinski definition) is 6. The van der Waals surface area contributed by atoms with Crippen molar-refractivity contribution in [1.82, 2.24) is 25.2 Å². The number of hydrogen-bond donors (Lipinski definition) is 1. The van der Waals surface area contributed by atoms with Crippen molar-refractivity contribution in [3.05, 3.63) is 95.0 Å². The fraction of sp³-hybridized carbons (Fsp3) is 0.143. The van der Waals surface area contributed by atoms with Crippen LogP contribution in [0, 0.1) is 11.6 Å². The molecule has 1 atom stereocenters. The molecule has 170 valence electrons. The van der Waals surface area contributed by atoms with Crippen LogP contribution >= 0.6 is 11.6 Å². The van der Waals surface area contributed by atoms with E-state index >= 15 is 8.78 Å². The molecular weight excluding hydrogens is 466 g/mol. The monoisotopic (exact) mass is 479 g/mol. The molecule has 0 aliphatic carbocycles. The Kier molecular flexibility index (Phi) is 6.00. The Hall–Kier alpha value is -3.57. The molecule has 2 aromatic heterocycles. The molecule has 1 N–H and O–H groups in total. The van der Waals surface area contributed by atoms with Gasteiger partial charge < -0.3 is 9.84 Å². The zero-order chi connectivity index (χ0) is 23.6. The van der Waals surface area contributed by atoms with Crippen molar-refractivity contribution in [2.75, 3.05) is 0 Å². The molecule has 0 amide bonds. The van der Waals surface area contributed by atoms with Gasteiger partial charge in [-0.1, -0.05) is 17.7 Å². The summed E-state index contributed by atoms with van der Waals surface area (Å²) in [4.78, 5) is 3.71. The molecule has 4 aromatic rings. The Morgan fingerprint density at radius 2 is 1.85 bits per heavy atom. The maximum Gasteiger partial charge on any atom is 0.323 e. The number of rotatable bonds is 7. The van der Waals surface area contributed by atoms with Crippen molar-refractivity contribution in [2.45, 2.75) is 18.1 Å². The summed E-state index contributed by atoms with van der Waals surface area (Å²) >= 11 is 5.89. The van der Waals surface area contributed by atoms with Gasteiger partial charge in [0.05, 0.1) is 12.7 Å². The third-order valence-electron chi connectivity index (χ3n) is 4.77. The summed E-state index contributed by atoms with van der Waals surface area (Å²) in [7, 11) is 0. The van der Waals surface area contributed by atoms with Crippen molar-refractivity contribution in [2.24, 2.45) is 0 Å². The first-order valence-electron chi connectivity index (χ1n) is 9.35. The van der Waals surface area contributed by atoms with Gasteiger partial charge in [0, 0.05) is 16.7 Å². The lowest BCUT2D eigenvalue weighted by Crippen LogP contribution is -2.48. The second-order valence-corrected chi connectivity index (χ2v) is 7.44. The predicted octanol–water partition coefficient (Wildman–Crippen LogP) is 4.47. The summed E-state index contributed by atoms with van der Waals surface area (Å²) < 4.78 is 65.6. The molecular formula is C21H14ClF4N5O2. The third kappa shape index (κ3) is 4.50. The second-order valence-electron chi connectivity index (χ2n) is 7.00. The number of tetrazole rings is 1. The van der Waals surface area contributed by atoms with Crippen LogP contribution in [0.2, 0.25) is 5.02 Å². The van der Waals surface area contributed by atoms with Crippen molar-refractivity contribution in [3.8, 4) is 11.5 Å². The number of benzene rings is 2. The molecule has 0 saturated carbocycles. The van der Waals surface area contributed by atoms with Gasteiger partial charge in [-0.15, -0.1) is 5.10 Å². The number of halogens is 5. The molecule has 33 heavy (non-hydrogen) atoms. The summed E-state index contributed by atoms with van der Waals surface area (Å²) in [5, 5.41) is 21.7. The third-order valence-corrected chi connectivity index (χ3v) is 5.00. The molecule has 0 bridgehead atoms. The number of alkyl halides is 2. The van der Waals surface area contributed by atoms with Gasteiger partial charge in [0.15, 0.2) is 5.60 Å². The maximum absolute atomic E-state index is 15.7. The van der Waals surface area contributed by atoms with Gasteiger partial charge in [0.25, 0.3) is 0 Å². The quantitative estimate of drug-likeness (QED) is 0.394. The van der Waals surface area contributed by atoms with Crippen LogP contribution in [0.3, 0.4) is 0 Å². The molecule has 0 aliphatic heterocycles. The fourth-order valence-electron chi connectivity index (χ4n) is 3.17. The van der Waals surface area contributed by atoms with Gasteiger partial charge >= 0.3 is 5.92 Å². The van der Waals surface area contributed by atoms with E-state index in [-0.39, 0.29) is 5.75 Å². The summed E-state index contributed by atoms with van der Waals surface area (Å²) in [5.74, 6) is -6.05. The Balaban J connectivity index is 1.71. The molecule has 12 heteroatoms. The van der Waals surface area contributed by atoms with E-state index in [0.29, 0.717) is 16.8 Å². The first kappa shape index (κ1) is 22.6. The van der Waals surface area contributed by atoms with Crippen LogP contribution in [0.4, 0.5) is 17.6 Å². The number of nitrogens with zero attached hydrogens (tertiary/aromatic N) is 5. The summed E-state index contributed by atoms with van der Waals surface area (Å²) in [6.07, 6.45) is 1.99. The normalized spacial score (nSPS) is 13.5. The zero-order valence-electron chi connectivity index (χ0n) is 16.5. The van der Waals surface area contributed by atoms with Gasteiger partial charge in [-0.25, -0.2) is 13.5 Å². The summed E-state index contributed by atoms with van der Waals surface area (Å²) in [5.41, 5.74) is -4.96. The van der Waals surface area contributed by atoms with E-state index < -0.39 is 41.0 Å². The molecule has 0 aliphatic rings. The van der Waals surface area contributed by atoms with Crippen LogP contribution in [0.1, 0.15) is 11.3 Å². The number of pyridine rings is 1. The molecule has 2 aromatic carbocycles. The lowest BCUT2D eigenvalue weighted by atomic mass is 9.84. The van der Waals surface area contributed by atoms with Crippen LogP contribution in [-0.2, 0) is 18.1 Å². The average molecular weight is 480 g/mol. The van der Waals surface area contributed by atoms with Crippen LogP contribution in [0.15, 0.2) is 67.1 Å². The van der Waals surface area contributed by atoms with E-state index in [9.17, 15) is 13.9 Å². The van der Waals surface area contributed by atoms with E-state index in [2.05, 4.69) is 20.5 Å². The Labute approximate surface area is 189 Å². The first-order valence-corrected chi connectivity index (χ1v) is 9.73. The van der Waals surface area contributed by atoms with Gasteiger partial charge in [0.2, 0.25) is 0 Å². The number of aromatic nitrogens is 5. The van der Waals surface area contributed by atoms with Gasteiger partial charge in [0.1, 0.15) is 35.2 Å². The molecule has 1 unspecified atom stereocenters. The van der Waals surface area contributed by atoms with Crippen LogP contribution in [0.25, 0.3) is 0 Å². The van der Waals surface area contributed by atoms with E-state index in [1.807, 2.05) is 0 Å². The Bertz CT molecular complexity index is 1260. The van der Waals surface area contributed by atoms with E-state index in [1.54, 1.807) is 18.2 Å². The van der Waals surface area contributed by atoms with Gasteiger partial charge in [-0.3, -0.25) is 4.98 Å². The molecule has 7 nitrogen and oxygen atoms in total. The second kappa shape index (κ2) is 8.75. The molecule has 0 saturated heterocycles. The van der Waals surface area contributed by atoms with Crippen LogP contribution < -0.4 is 4.74 Å². The maximum atomic E-state index is 15.7. The minimum Gasteiger partial charge on any atom is -0.456 e. The van der Waals surface area contributed by atoms with Crippen molar-refractivity contribution < 1.29 is 27.4 Å². The van der Waals surface area contributed by atoms with Gasteiger partial charge in [-0.05, 0) is 52.9 Å². The smallest absolute Gasteiger partial charge is 0.323 e. The minimum absolute atomic E-state index is 0.119. The zero-order valence-corrected chi connectivity index (χ0v) is 17.3. The number of aliphatic hydroxyl groups is 1. The standard InChI is InChI=1S/C21H14ClF4N5O2/c22-13-2-1-3-15(8-13)33-16-5-7-19(27-10-16)21(25,26)20(32,11-31-12-28-29-30-31)17-6-4-14(23)9-18(17)24/h1-10,12,32H,11H2. The highest BCUT2D eigenvalue weighted by molar-refractivity contribution is 6.30. The Morgan fingerprint density at radius 1 is 1.03 bits per heavy atom. The highest BCUT2D eigenvalue weighted by atomic mass is 35.5. The fourth-order valence-corrected chi connectivity index (χ4v) is 3.35. The molecule has 0 fully saturated rings. The predicted molar refractivity (Wildman–Crippen MR) is 108 cm³/mol. The van der Waals surface area contributed by atoms with Crippen molar-refractivity contribution in [1.29, 1.82) is 0 Å². The topological polar surface area (TPSA) is 86.0 Å². The highest BCUT2D eigenvalue weighted by Gasteiger charge is 2.58. The van der Waals surface area contributed by atoms with Crippen molar-refractivity contribution >= 4 is 11.6 Å². The number of ether oxygens (including phenoxy) is 1. The van der Waals surface area contributed by atoms with E-state index in [1.165, 1.54) is 12.1 Å². The van der Waals surface area contributed by atoms with Crippen molar-refractivity contribution in [3.63, 3.8) is 0 Å².